The normalized spacial score (nSPS) is 21.5. The second-order valence-corrected chi connectivity index (χ2v) is 3.69. The van der Waals surface area contributed by atoms with E-state index >= 15 is 0 Å². The minimum absolute atomic E-state index is 0.671. The molecule has 0 unspecified atom stereocenters. The maximum absolute atomic E-state index is 4.26. The molecule has 3 heteroatoms. The van der Waals surface area contributed by atoms with E-state index < -0.39 is 0 Å². The Bertz CT molecular complexity index is 267. The van der Waals surface area contributed by atoms with Gasteiger partial charge in [0.05, 0.1) is 0 Å². The van der Waals surface area contributed by atoms with Crippen LogP contribution < -0.4 is 5.32 Å². The lowest BCUT2D eigenvalue weighted by Gasteiger charge is -2.24. The van der Waals surface area contributed by atoms with Crippen LogP contribution in [0.4, 0.5) is 0 Å². The van der Waals surface area contributed by atoms with Gasteiger partial charge in [-0.1, -0.05) is 6.92 Å². The van der Waals surface area contributed by atoms with Crippen LogP contribution in [0.1, 0.15) is 25.5 Å². The molecule has 1 N–H and O–H groups in total. The SMILES string of the molecule is CCCN[C@@H]1CCn2nccc2C1. The molecule has 0 fully saturated rings. The van der Waals surface area contributed by atoms with Crippen LogP contribution in [0.15, 0.2) is 12.3 Å². The van der Waals surface area contributed by atoms with Gasteiger partial charge in [-0.15, -0.1) is 0 Å². The van der Waals surface area contributed by atoms with Gasteiger partial charge in [0, 0.05) is 30.9 Å². The molecule has 1 atom stereocenters. The summed E-state index contributed by atoms with van der Waals surface area (Å²) in [5.41, 5.74) is 1.37. The molecule has 1 aromatic rings. The molecule has 2 rings (SSSR count). The molecule has 72 valence electrons. The van der Waals surface area contributed by atoms with E-state index in [0.29, 0.717) is 6.04 Å². The maximum Gasteiger partial charge on any atom is 0.0492 e. The van der Waals surface area contributed by atoms with E-state index in [1.54, 1.807) is 0 Å². The number of aryl methyl sites for hydroxylation is 1. The Morgan fingerprint density at radius 3 is 3.46 bits per heavy atom. The number of fused-ring (bicyclic) bond motifs is 1. The van der Waals surface area contributed by atoms with E-state index in [0.717, 1.165) is 19.5 Å². The van der Waals surface area contributed by atoms with Crippen molar-refractivity contribution in [3.63, 3.8) is 0 Å². The summed E-state index contributed by atoms with van der Waals surface area (Å²) in [6, 6.07) is 2.80. The molecule has 3 nitrogen and oxygen atoms in total. The van der Waals surface area contributed by atoms with Crippen molar-refractivity contribution in [3.8, 4) is 0 Å². The Balaban J connectivity index is 1.93. The topological polar surface area (TPSA) is 29.9 Å². The molecule has 0 spiro atoms. The van der Waals surface area contributed by atoms with Crippen LogP contribution in [0.25, 0.3) is 0 Å². The van der Waals surface area contributed by atoms with E-state index in [1.165, 1.54) is 18.5 Å². The van der Waals surface area contributed by atoms with Crippen LogP contribution in [0, 0.1) is 0 Å². The zero-order valence-corrected chi connectivity index (χ0v) is 8.16. The summed E-state index contributed by atoms with van der Waals surface area (Å²) in [6.07, 6.45) is 5.47. The molecule has 0 saturated heterocycles. The first-order chi connectivity index (χ1) is 6.40. The van der Waals surface area contributed by atoms with Gasteiger partial charge in [-0.3, -0.25) is 4.68 Å². The first-order valence-electron chi connectivity index (χ1n) is 5.14. The largest absolute Gasteiger partial charge is 0.314 e. The third kappa shape index (κ3) is 1.91. The Kier molecular flexibility index (Phi) is 2.64. The molecule has 1 aromatic heterocycles. The molecule has 0 aromatic carbocycles. The quantitative estimate of drug-likeness (QED) is 0.755. The van der Waals surface area contributed by atoms with Gasteiger partial charge in [0.1, 0.15) is 0 Å². The number of hydrogen-bond donors (Lipinski definition) is 1. The van der Waals surface area contributed by atoms with E-state index in [4.69, 9.17) is 0 Å². The third-order valence-corrected chi connectivity index (χ3v) is 2.63. The Morgan fingerprint density at radius 1 is 1.69 bits per heavy atom. The number of rotatable bonds is 3. The van der Waals surface area contributed by atoms with Crippen LogP contribution >= 0.6 is 0 Å². The smallest absolute Gasteiger partial charge is 0.0492 e. The van der Waals surface area contributed by atoms with Crippen molar-refractivity contribution in [2.75, 3.05) is 6.54 Å². The van der Waals surface area contributed by atoms with Crippen LogP contribution in [0.2, 0.25) is 0 Å². The maximum atomic E-state index is 4.26. The second-order valence-electron chi connectivity index (χ2n) is 3.69. The van der Waals surface area contributed by atoms with Crippen LogP contribution in [0.3, 0.4) is 0 Å². The van der Waals surface area contributed by atoms with Gasteiger partial charge in [-0.05, 0) is 25.5 Å². The zero-order valence-electron chi connectivity index (χ0n) is 8.16. The van der Waals surface area contributed by atoms with Crippen molar-refractivity contribution in [2.45, 2.75) is 38.8 Å². The minimum atomic E-state index is 0.671. The highest BCUT2D eigenvalue weighted by molar-refractivity contribution is 5.05. The van der Waals surface area contributed by atoms with Crippen molar-refractivity contribution in [1.29, 1.82) is 0 Å². The molecule has 0 amide bonds. The van der Waals surface area contributed by atoms with Gasteiger partial charge in [-0.25, -0.2) is 0 Å². The lowest BCUT2D eigenvalue weighted by Crippen LogP contribution is -2.36. The number of nitrogens with zero attached hydrogens (tertiary/aromatic N) is 2. The first kappa shape index (κ1) is 8.75. The summed E-state index contributed by atoms with van der Waals surface area (Å²) >= 11 is 0. The Labute approximate surface area is 79.1 Å². The van der Waals surface area contributed by atoms with Crippen LogP contribution in [-0.4, -0.2) is 22.4 Å². The van der Waals surface area contributed by atoms with Gasteiger partial charge >= 0.3 is 0 Å². The predicted molar refractivity (Wildman–Crippen MR) is 52.6 cm³/mol. The van der Waals surface area contributed by atoms with Crippen molar-refractivity contribution in [3.05, 3.63) is 18.0 Å². The fourth-order valence-electron chi connectivity index (χ4n) is 1.89. The number of nitrogens with one attached hydrogen (secondary N) is 1. The highest BCUT2D eigenvalue weighted by atomic mass is 15.3. The van der Waals surface area contributed by atoms with Crippen molar-refractivity contribution in [1.82, 2.24) is 15.1 Å². The van der Waals surface area contributed by atoms with Gasteiger partial charge in [0.2, 0.25) is 0 Å². The number of aromatic nitrogens is 2. The number of hydrogen-bond acceptors (Lipinski definition) is 2. The average Bonchev–Trinajstić information content (AvgIpc) is 2.61. The second kappa shape index (κ2) is 3.92. The first-order valence-corrected chi connectivity index (χ1v) is 5.14. The summed E-state index contributed by atoms with van der Waals surface area (Å²) in [4.78, 5) is 0. The summed E-state index contributed by atoms with van der Waals surface area (Å²) in [7, 11) is 0. The van der Waals surface area contributed by atoms with Gasteiger partial charge in [0.25, 0.3) is 0 Å². The molecule has 13 heavy (non-hydrogen) atoms. The van der Waals surface area contributed by atoms with Crippen LogP contribution in [0.5, 0.6) is 0 Å². The van der Waals surface area contributed by atoms with Crippen molar-refractivity contribution < 1.29 is 0 Å². The summed E-state index contributed by atoms with van der Waals surface area (Å²) < 4.78 is 2.12. The van der Waals surface area contributed by atoms with Gasteiger partial charge in [-0.2, -0.15) is 5.10 Å². The fourth-order valence-corrected chi connectivity index (χ4v) is 1.89. The van der Waals surface area contributed by atoms with Gasteiger partial charge < -0.3 is 5.32 Å². The lowest BCUT2D eigenvalue weighted by atomic mass is 10.0. The highest BCUT2D eigenvalue weighted by Crippen LogP contribution is 2.13. The lowest BCUT2D eigenvalue weighted by molar-refractivity contribution is 0.381. The predicted octanol–water partition coefficient (Wildman–Crippen LogP) is 1.20. The van der Waals surface area contributed by atoms with Crippen molar-refractivity contribution in [2.24, 2.45) is 0 Å². The standard InChI is InChI=1S/C10H17N3/c1-2-5-11-9-4-7-13-10(8-9)3-6-12-13/h3,6,9,11H,2,4-5,7-8H2,1H3/t9-/m1/s1. The zero-order chi connectivity index (χ0) is 9.10. The third-order valence-electron chi connectivity index (χ3n) is 2.63. The molecular formula is C10H17N3. The Morgan fingerprint density at radius 2 is 2.62 bits per heavy atom. The fraction of sp³-hybridized carbons (Fsp3) is 0.700. The average molecular weight is 179 g/mol. The molecule has 1 aliphatic rings. The monoisotopic (exact) mass is 179 g/mol. The van der Waals surface area contributed by atoms with E-state index in [2.05, 4.69) is 28.1 Å². The van der Waals surface area contributed by atoms with E-state index in [9.17, 15) is 0 Å². The summed E-state index contributed by atoms with van der Waals surface area (Å²) in [6.45, 7) is 4.42. The molecule has 0 radical (unpaired) electrons. The molecule has 0 aliphatic carbocycles. The van der Waals surface area contributed by atoms with E-state index in [-0.39, 0.29) is 0 Å². The molecule has 1 aliphatic heterocycles. The Hall–Kier alpha value is -0.830. The molecule has 2 heterocycles. The van der Waals surface area contributed by atoms with E-state index in [1.807, 2.05) is 6.20 Å². The van der Waals surface area contributed by atoms with Crippen LogP contribution in [-0.2, 0) is 13.0 Å². The highest BCUT2D eigenvalue weighted by Gasteiger charge is 2.17. The van der Waals surface area contributed by atoms with Crippen molar-refractivity contribution >= 4 is 0 Å². The molecular weight excluding hydrogens is 162 g/mol. The summed E-state index contributed by atoms with van der Waals surface area (Å²) in [5, 5.41) is 7.82. The summed E-state index contributed by atoms with van der Waals surface area (Å²) in [5.74, 6) is 0. The molecule has 0 bridgehead atoms. The minimum Gasteiger partial charge on any atom is -0.314 e. The molecule has 0 saturated carbocycles. The van der Waals surface area contributed by atoms with Gasteiger partial charge in [0.15, 0.2) is 0 Å².